The highest BCUT2D eigenvalue weighted by Crippen LogP contribution is 2.29. The summed E-state index contributed by atoms with van der Waals surface area (Å²) in [5, 5.41) is 22.7. The van der Waals surface area contributed by atoms with Crippen LogP contribution in [0.5, 0.6) is 5.75 Å². The fraction of sp³-hybridized carbons (Fsp3) is 0.100. The summed E-state index contributed by atoms with van der Waals surface area (Å²) in [5.41, 5.74) is 2.93. The van der Waals surface area contributed by atoms with Gasteiger partial charge < -0.3 is 10.1 Å². The number of nitro benzene ring substituents is 1. The van der Waals surface area contributed by atoms with Crippen molar-refractivity contribution < 1.29 is 9.66 Å². The molecule has 8 heteroatoms. The second kappa shape index (κ2) is 7.75. The standard InChI is InChI=1S/C20H17N5O3/c26-25(27)20-12-16(28-13-15-6-2-1-3-7-15)10-11-17(20)21-14-24-19-9-5-4-8-18(19)22-23-24/h1-12,21H,13-14H2. The summed E-state index contributed by atoms with van der Waals surface area (Å²) in [5.74, 6) is 0.437. The van der Waals surface area contributed by atoms with Gasteiger partial charge in [-0.15, -0.1) is 5.10 Å². The Balaban J connectivity index is 1.49. The molecule has 0 saturated carbocycles. The number of fused-ring (bicyclic) bond motifs is 1. The van der Waals surface area contributed by atoms with Crippen LogP contribution in [0.2, 0.25) is 0 Å². The fourth-order valence-corrected chi connectivity index (χ4v) is 2.84. The topological polar surface area (TPSA) is 95.1 Å². The number of anilines is 1. The van der Waals surface area contributed by atoms with Gasteiger partial charge in [0.15, 0.2) is 0 Å². The number of hydrogen-bond acceptors (Lipinski definition) is 6. The predicted octanol–water partition coefficient (Wildman–Crippen LogP) is 3.99. The molecule has 0 aliphatic rings. The molecule has 0 radical (unpaired) electrons. The van der Waals surface area contributed by atoms with Crippen LogP contribution in [-0.2, 0) is 13.3 Å². The second-order valence-corrected chi connectivity index (χ2v) is 6.12. The van der Waals surface area contributed by atoms with E-state index >= 15 is 0 Å². The molecule has 0 atom stereocenters. The van der Waals surface area contributed by atoms with Crippen molar-refractivity contribution in [1.82, 2.24) is 15.0 Å². The quantitative estimate of drug-likeness (QED) is 0.388. The highest BCUT2D eigenvalue weighted by molar-refractivity contribution is 5.74. The van der Waals surface area contributed by atoms with Gasteiger partial charge in [-0.1, -0.05) is 47.7 Å². The van der Waals surface area contributed by atoms with E-state index in [1.54, 1.807) is 16.8 Å². The Morgan fingerprint density at radius 2 is 1.82 bits per heavy atom. The second-order valence-electron chi connectivity index (χ2n) is 6.12. The number of nitrogens with one attached hydrogen (secondary N) is 1. The van der Waals surface area contributed by atoms with Gasteiger partial charge in [0.2, 0.25) is 0 Å². The van der Waals surface area contributed by atoms with Crippen molar-refractivity contribution in [1.29, 1.82) is 0 Å². The molecule has 0 bridgehead atoms. The number of para-hydroxylation sites is 1. The van der Waals surface area contributed by atoms with Crippen LogP contribution >= 0.6 is 0 Å². The van der Waals surface area contributed by atoms with Crippen LogP contribution < -0.4 is 10.1 Å². The van der Waals surface area contributed by atoms with Gasteiger partial charge in [0.1, 0.15) is 30.2 Å². The van der Waals surface area contributed by atoms with Crippen molar-refractivity contribution >= 4 is 22.4 Å². The highest BCUT2D eigenvalue weighted by Gasteiger charge is 2.16. The zero-order chi connectivity index (χ0) is 19.3. The largest absolute Gasteiger partial charge is 0.489 e. The third kappa shape index (κ3) is 3.75. The van der Waals surface area contributed by atoms with Gasteiger partial charge in [0, 0.05) is 0 Å². The first-order valence-electron chi connectivity index (χ1n) is 8.68. The molecule has 1 N–H and O–H groups in total. The minimum absolute atomic E-state index is 0.0602. The third-order valence-corrected chi connectivity index (χ3v) is 4.25. The average molecular weight is 375 g/mol. The Labute approximate surface area is 160 Å². The summed E-state index contributed by atoms with van der Waals surface area (Å²) in [6.45, 7) is 0.598. The third-order valence-electron chi connectivity index (χ3n) is 4.25. The molecule has 28 heavy (non-hydrogen) atoms. The number of hydrogen-bond donors (Lipinski definition) is 1. The van der Waals surface area contributed by atoms with Crippen LogP contribution in [0.3, 0.4) is 0 Å². The van der Waals surface area contributed by atoms with E-state index in [0.29, 0.717) is 18.0 Å². The smallest absolute Gasteiger partial charge is 0.296 e. The first kappa shape index (κ1) is 17.5. The van der Waals surface area contributed by atoms with E-state index in [9.17, 15) is 10.1 Å². The van der Waals surface area contributed by atoms with Crippen LogP contribution in [0.25, 0.3) is 11.0 Å². The van der Waals surface area contributed by atoms with Crippen molar-refractivity contribution in [2.24, 2.45) is 0 Å². The highest BCUT2D eigenvalue weighted by atomic mass is 16.6. The van der Waals surface area contributed by atoms with Crippen molar-refractivity contribution in [3.05, 3.63) is 88.5 Å². The van der Waals surface area contributed by atoms with Gasteiger partial charge in [-0.2, -0.15) is 0 Å². The lowest BCUT2D eigenvalue weighted by atomic mass is 10.2. The van der Waals surface area contributed by atoms with Gasteiger partial charge in [-0.05, 0) is 29.8 Å². The van der Waals surface area contributed by atoms with Crippen LogP contribution in [0.1, 0.15) is 5.56 Å². The van der Waals surface area contributed by atoms with Crippen LogP contribution in [0, 0.1) is 10.1 Å². The zero-order valence-corrected chi connectivity index (χ0v) is 14.9. The summed E-state index contributed by atoms with van der Waals surface area (Å²) >= 11 is 0. The number of benzene rings is 3. The van der Waals surface area contributed by atoms with Crippen LogP contribution in [0.15, 0.2) is 72.8 Å². The van der Waals surface area contributed by atoms with Gasteiger partial charge in [0.25, 0.3) is 5.69 Å². The number of rotatable bonds is 7. The van der Waals surface area contributed by atoms with Crippen molar-refractivity contribution in [3.8, 4) is 5.75 Å². The van der Waals surface area contributed by atoms with E-state index in [-0.39, 0.29) is 12.4 Å². The molecule has 4 aromatic rings. The summed E-state index contributed by atoms with van der Waals surface area (Å²) < 4.78 is 7.34. The maximum absolute atomic E-state index is 11.5. The minimum atomic E-state index is -0.433. The molecule has 0 aliphatic heterocycles. The Bertz CT molecular complexity index is 1110. The van der Waals surface area contributed by atoms with E-state index in [2.05, 4.69) is 15.6 Å². The van der Waals surface area contributed by atoms with Gasteiger partial charge >= 0.3 is 0 Å². The van der Waals surface area contributed by atoms with Crippen molar-refractivity contribution in [2.45, 2.75) is 13.3 Å². The molecule has 1 heterocycles. The van der Waals surface area contributed by atoms with E-state index in [0.717, 1.165) is 16.6 Å². The zero-order valence-electron chi connectivity index (χ0n) is 14.9. The molecular weight excluding hydrogens is 358 g/mol. The van der Waals surface area contributed by atoms with Crippen LogP contribution in [-0.4, -0.2) is 19.9 Å². The lowest BCUT2D eigenvalue weighted by Gasteiger charge is -2.10. The predicted molar refractivity (Wildman–Crippen MR) is 105 cm³/mol. The Morgan fingerprint density at radius 1 is 1.04 bits per heavy atom. The van der Waals surface area contributed by atoms with Crippen LogP contribution in [0.4, 0.5) is 11.4 Å². The number of nitro groups is 1. The molecule has 3 aromatic carbocycles. The van der Waals surface area contributed by atoms with E-state index in [1.165, 1.54) is 6.07 Å². The molecule has 0 saturated heterocycles. The average Bonchev–Trinajstić information content (AvgIpc) is 3.15. The lowest BCUT2D eigenvalue weighted by molar-refractivity contribution is -0.384. The summed E-state index contributed by atoms with van der Waals surface area (Å²) in [4.78, 5) is 11.1. The van der Waals surface area contributed by atoms with E-state index < -0.39 is 4.92 Å². The number of nitrogens with zero attached hydrogens (tertiary/aromatic N) is 4. The molecule has 0 amide bonds. The Kier molecular flexibility index (Phi) is 4.83. The molecule has 140 valence electrons. The maximum Gasteiger partial charge on any atom is 0.296 e. The molecule has 0 spiro atoms. The minimum Gasteiger partial charge on any atom is -0.489 e. The first-order valence-corrected chi connectivity index (χ1v) is 8.68. The van der Waals surface area contributed by atoms with Crippen molar-refractivity contribution in [3.63, 3.8) is 0 Å². The normalized spacial score (nSPS) is 10.7. The molecule has 0 aliphatic carbocycles. The molecule has 0 fully saturated rings. The van der Waals surface area contributed by atoms with Gasteiger partial charge in [-0.25, -0.2) is 4.68 Å². The monoisotopic (exact) mass is 375 g/mol. The molecular formula is C20H17N5O3. The molecule has 4 rings (SSSR count). The first-order chi connectivity index (χ1) is 13.7. The molecule has 1 aromatic heterocycles. The maximum atomic E-state index is 11.5. The number of aromatic nitrogens is 3. The molecule has 8 nitrogen and oxygen atoms in total. The summed E-state index contributed by atoms with van der Waals surface area (Å²) in [6, 6.07) is 21.9. The van der Waals surface area contributed by atoms with Gasteiger partial charge in [0.05, 0.1) is 16.5 Å². The molecule has 0 unspecified atom stereocenters. The number of ether oxygens (including phenoxy) is 1. The summed E-state index contributed by atoms with van der Waals surface area (Å²) in [6.07, 6.45) is 0. The lowest BCUT2D eigenvalue weighted by Crippen LogP contribution is -2.10. The van der Waals surface area contributed by atoms with Crippen molar-refractivity contribution in [2.75, 3.05) is 5.32 Å². The summed E-state index contributed by atoms with van der Waals surface area (Å²) in [7, 11) is 0. The van der Waals surface area contributed by atoms with Gasteiger partial charge in [-0.3, -0.25) is 10.1 Å². The Morgan fingerprint density at radius 3 is 2.64 bits per heavy atom. The van der Waals surface area contributed by atoms with E-state index in [4.69, 9.17) is 4.74 Å². The fourth-order valence-electron chi connectivity index (χ4n) is 2.84. The SMILES string of the molecule is O=[N+]([O-])c1cc(OCc2ccccc2)ccc1NCn1nnc2ccccc21. The van der Waals surface area contributed by atoms with E-state index in [1.807, 2.05) is 54.6 Å². The Hall–Kier alpha value is -3.94.